The number of nitrogens with zero attached hydrogens (tertiary/aromatic N) is 1. The summed E-state index contributed by atoms with van der Waals surface area (Å²) in [6.07, 6.45) is 1.52. The number of rotatable bonds is 3. The number of esters is 1. The van der Waals surface area contributed by atoms with Crippen molar-refractivity contribution in [3.63, 3.8) is 0 Å². The van der Waals surface area contributed by atoms with Crippen LogP contribution in [-0.2, 0) is 4.74 Å². The van der Waals surface area contributed by atoms with Crippen LogP contribution in [0.4, 0.5) is 0 Å². The Balaban J connectivity index is 2.57. The van der Waals surface area contributed by atoms with E-state index in [1.165, 1.54) is 6.20 Å². The molecular weight excluding hydrogens is 234 g/mol. The first-order valence-corrected chi connectivity index (χ1v) is 5.55. The van der Waals surface area contributed by atoms with Crippen LogP contribution in [0.5, 0.6) is 0 Å². The molecule has 0 aliphatic carbocycles. The number of nitrogens with one attached hydrogen (secondary N) is 2. The summed E-state index contributed by atoms with van der Waals surface area (Å²) in [6, 6.07) is 3.28. The number of H-pyrrole nitrogens is 2. The number of aromatic amines is 2. The van der Waals surface area contributed by atoms with E-state index < -0.39 is 5.97 Å². The minimum absolute atomic E-state index is 0.272. The van der Waals surface area contributed by atoms with E-state index in [9.17, 15) is 9.59 Å². The number of carbonyl (C=O) groups is 1. The highest BCUT2D eigenvalue weighted by Crippen LogP contribution is 2.21. The van der Waals surface area contributed by atoms with Gasteiger partial charge in [0.25, 0.3) is 5.56 Å². The van der Waals surface area contributed by atoms with Gasteiger partial charge in [0.1, 0.15) is 11.3 Å². The molecule has 0 aliphatic heterocycles. The molecule has 2 N–H and O–H groups in total. The van der Waals surface area contributed by atoms with Gasteiger partial charge < -0.3 is 9.72 Å². The Morgan fingerprint density at radius 1 is 1.50 bits per heavy atom. The second kappa shape index (κ2) is 4.87. The number of hydrogen-bond acceptors (Lipinski definition) is 4. The van der Waals surface area contributed by atoms with E-state index in [0.717, 1.165) is 0 Å². The first-order valence-electron chi connectivity index (χ1n) is 5.55. The minimum Gasteiger partial charge on any atom is -0.462 e. The fourth-order valence-electron chi connectivity index (χ4n) is 1.69. The Morgan fingerprint density at radius 2 is 2.28 bits per heavy atom. The summed E-state index contributed by atoms with van der Waals surface area (Å²) in [5.74, 6) is -0.484. The monoisotopic (exact) mass is 247 g/mol. The molecule has 0 spiro atoms. The molecule has 0 saturated heterocycles. The molecule has 2 aromatic heterocycles. The third-order valence-electron chi connectivity index (χ3n) is 2.50. The highest BCUT2D eigenvalue weighted by Gasteiger charge is 2.21. The Kier molecular flexibility index (Phi) is 3.27. The summed E-state index contributed by atoms with van der Waals surface area (Å²) in [6.45, 7) is 3.70. The molecule has 0 amide bonds. The number of ether oxygens (including phenoxy) is 1. The van der Waals surface area contributed by atoms with Gasteiger partial charge in [0.2, 0.25) is 0 Å². The van der Waals surface area contributed by atoms with Crippen molar-refractivity contribution in [3.05, 3.63) is 39.9 Å². The number of carbonyl (C=O) groups excluding carboxylic acids is 1. The fraction of sp³-hybridized carbons (Fsp3) is 0.250. The molecule has 0 aliphatic rings. The molecule has 0 bridgehead atoms. The summed E-state index contributed by atoms with van der Waals surface area (Å²) < 4.78 is 4.96. The van der Waals surface area contributed by atoms with Crippen LogP contribution >= 0.6 is 0 Å². The van der Waals surface area contributed by atoms with Crippen LogP contribution in [0.2, 0.25) is 0 Å². The van der Waals surface area contributed by atoms with Crippen LogP contribution in [0, 0.1) is 6.92 Å². The second-order valence-electron chi connectivity index (χ2n) is 3.71. The molecule has 0 saturated carbocycles. The van der Waals surface area contributed by atoms with E-state index in [1.807, 2.05) is 0 Å². The molecule has 2 heterocycles. The Labute approximate surface area is 103 Å². The highest BCUT2D eigenvalue weighted by atomic mass is 16.5. The van der Waals surface area contributed by atoms with Crippen molar-refractivity contribution in [1.29, 1.82) is 0 Å². The maximum Gasteiger partial charge on any atom is 0.342 e. The van der Waals surface area contributed by atoms with E-state index in [0.29, 0.717) is 22.5 Å². The van der Waals surface area contributed by atoms with Gasteiger partial charge in [0.05, 0.1) is 12.2 Å². The standard InChI is InChI=1S/C12H13N3O3/c1-3-18-12(17)9-7(2)14-15-10(9)8-5-4-6-13-11(8)16/h4-6H,3H2,1-2H3,(H,13,16)(H,14,15). The van der Waals surface area contributed by atoms with Crippen molar-refractivity contribution in [2.24, 2.45) is 0 Å². The van der Waals surface area contributed by atoms with Gasteiger partial charge in [0, 0.05) is 11.9 Å². The molecule has 6 nitrogen and oxygen atoms in total. The first-order chi connectivity index (χ1) is 8.65. The van der Waals surface area contributed by atoms with Crippen molar-refractivity contribution < 1.29 is 9.53 Å². The largest absolute Gasteiger partial charge is 0.462 e. The molecule has 2 rings (SSSR count). The third kappa shape index (κ3) is 2.04. The van der Waals surface area contributed by atoms with Gasteiger partial charge >= 0.3 is 5.97 Å². The topological polar surface area (TPSA) is 87.8 Å². The molecule has 0 radical (unpaired) electrons. The second-order valence-corrected chi connectivity index (χ2v) is 3.71. The first kappa shape index (κ1) is 12.1. The predicted octanol–water partition coefficient (Wildman–Crippen LogP) is 1.25. The normalized spacial score (nSPS) is 10.3. The Hall–Kier alpha value is -2.37. The summed E-state index contributed by atoms with van der Waals surface area (Å²) in [5.41, 5.74) is 1.23. The van der Waals surface area contributed by atoms with Gasteiger partial charge in [0.15, 0.2) is 0 Å². The summed E-state index contributed by atoms with van der Waals surface area (Å²) >= 11 is 0. The van der Waals surface area contributed by atoms with Crippen LogP contribution in [0.3, 0.4) is 0 Å². The smallest absolute Gasteiger partial charge is 0.342 e. The van der Waals surface area contributed by atoms with Crippen molar-refractivity contribution in [2.45, 2.75) is 13.8 Å². The van der Waals surface area contributed by atoms with E-state index in [-0.39, 0.29) is 12.2 Å². The molecule has 0 aromatic carbocycles. The molecule has 6 heteroatoms. The number of pyridine rings is 1. The average molecular weight is 247 g/mol. The fourth-order valence-corrected chi connectivity index (χ4v) is 1.69. The van der Waals surface area contributed by atoms with Gasteiger partial charge in [-0.25, -0.2) is 4.79 Å². The highest BCUT2D eigenvalue weighted by molar-refractivity contribution is 5.97. The van der Waals surface area contributed by atoms with Gasteiger partial charge in [-0.2, -0.15) is 5.10 Å². The molecule has 0 unspecified atom stereocenters. The predicted molar refractivity (Wildman–Crippen MR) is 65.3 cm³/mol. The summed E-state index contributed by atoms with van der Waals surface area (Å²) in [7, 11) is 0. The van der Waals surface area contributed by atoms with Crippen LogP contribution < -0.4 is 5.56 Å². The molecule has 0 atom stereocenters. The van der Waals surface area contributed by atoms with E-state index in [4.69, 9.17) is 4.74 Å². The number of aromatic nitrogens is 3. The van der Waals surface area contributed by atoms with Crippen LogP contribution in [-0.4, -0.2) is 27.8 Å². The zero-order valence-corrected chi connectivity index (χ0v) is 10.1. The lowest BCUT2D eigenvalue weighted by molar-refractivity contribution is 0.0526. The molecule has 18 heavy (non-hydrogen) atoms. The van der Waals surface area contributed by atoms with Crippen LogP contribution in [0.1, 0.15) is 23.0 Å². The SMILES string of the molecule is CCOC(=O)c1c(-c2ccc[nH]c2=O)n[nH]c1C. The summed E-state index contributed by atoms with van der Waals surface area (Å²) in [5, 5.41) is 6.70. The summed E-state index contributed by atoms with van der Waals surface area (Å²) in [4.78, 5) is 26.1. The number of hydrogen-bond donors (Lipinski definition) is 2. The lowest BCUT2D eigenvalue weighted by Gasteiger charge is -2.03. The van der Waals surface area contributed by atoms with E-state index in [2.05, 4.69) is 15.2 Å². The van der Waals surface area contributed by atoms with Gasteiger partial charge in [-0.15, -0.1) is 0 Å². The minimum atomic E-state index is -0.484. The zero-order chi connectivity index (χ0) is 13.1. The van der Waals surface area contributed by atoms with Crippen LogP contribution in [0.15, 0.2) is 23.1 Å². The van der Waals surface area contributed by atoms with E-state index in [1.54, 1.807) is 26.0 Å². The van der Waals surface area contributed by atoms with Gasteiger partial charge in [-0.1, -0.05) is 0 Å². The van der Waals surface area contributed by atoms with Crippen LogP contribution in [0.25, 0.3) is 11.3 Å². The maximum absolute atomic E-state index is 11.8. The van der Waals surface area contributed by atoms with E-state index >= 15 is 0 Å². The van der Waals surface area contributed by atoms with Crippen molar-refractivity contribution in [2.75, 3.05) is 6.61 Å². The van der Waals surface area contributed by atoms with Crippen molar-refractivity contribution in [1.82, 2.24) is 15.2 Å². The van der Waals surface area contributed by atoms with Gasteiger partial charge in [-0.05, 0) is 26.0 Å². The Morgan fingerprint density at radius 3 is 2.94 bits per heavy atom. The quantitative estimate of drug-likeness (QED) is 0.799. The van der Waals surface area contributed by atoms with Crippen molar-refractivity contribution in [3.8, 4) is 11.3 Å². The lowest BCUT2D eigenvalue weighted by Crippen LogP contribution is -2.12. The average Bonchev–Trinajstić information content (AvgIpc) is 2.72. The molecule has 94 valence electrons. The van der Waals surface area contributed by atoms with Gasteiger partial charge in [-0.3, -0.25) is 9.89 Å². The van der Waals surface area contributed by atoms with Crippen molar-refractivity contribution >= 4 is 5.97 Å². The maximum atomic E-state index is 11.8. The molecule has 0 fully saturated rings. The molecule has 2 aromatic rings. The zero-order valence-electron chi connectivity index (χ0n) is 10.1. The Bertz CT molecular complexity index is 627. The number of aryl methyl sites for hydroxylation is 1. The molecular formula is C12H13N3O3. The lowest BCUT2D eigenvalue weighted by atomic mass is 10.1. The third-order valence-corrected chi connectivity index (χ3v) is 2.50.